The number of carbonyl (C=O) groups is 1. The van der Waals surface area contributed by atoms with Gasteiger partial charge in [-0.2, -0.15) is 0 Å². The summed E-state index contributed by atoms with van der Waals surface area (Å²) in [5.41, 5.74) is 2.52. The van der Waals surface area contributed by atoms with Gasteiger partial charge in [-0.1, -0.05) is 88.5 Å². The van der Waals surface area contributed by atoms with E-state index in [1.165, 1.54) is 70.6 Å². The Morgan fingerprint density at radius 3 is 1.62 bits per heavy atom. The lowest BCUT2D eigenvalue weighted by Gasteiger charge is -2.12. The molecule has 47 heavy (non-hydrogen) atoms. The first-order chi connectivity index (χ1) is 23.2. The number of hydrogen-bond donors (Lipinski definition) is 0. The molecule has 3 aromatic carbocycles. The molecule has 0 aliphatic carbocycles. The van der Waals surface area contributed by atoms with E-state index in [-0.39, 0.29) is 0 Å². The second-order valence-corrected chi connectivity index (χ2v) is 12.7. The van der Waals surface area contributed by atoms with Crippen LogP contribution >= 0.6 is 0 Å². The molecular formula is C40H52O7. The van der Waals surface area contributed by atoms with Gasteiger partial charge in [-0.3, -0.25) is 0 Å². The van der Waals surface area contributed by atoms with Crippen LogP contribution in [0, 0.1) is 0 Å². The van der Waals surface area contributed by atoms with Crippen LogP contribution < -0.4 is 18.9 Å². The van der Waals surface area contributed by atoms with Crippen LogP contribution in [0.1, 0.15) is 100 Å². The van der Waals surface area contributed by atoms with Crippen LogP contribution in [0.3, 0.4) is 0 Å². The minimum atomic E-state index is -0.443. The van der Waals surface area contributed by atoms with Gasteiger partial charge in [-0.05, 0) is 79.3 Å². The summed E-state index contributed by atoms with van der Waals surface area (Å²) in [5.74, 6) is 2.08. The van der Waals surface area contributed by atoms with Gasteiger partial charge in [0, 0.05) is 0 Å². The fourth-order valence-electron chi connectivity index (χ4n) is 5.74. The summed E-state index contributed by atoms with van der Waals surface area (Å²) < 4.78 is 33.6. The molecule has 0 spiro atoms. The van der Waals surface area contributed by atoms with Crippen molar-refractivity contribution in [1.29, 1.82) is 0 Å². The molecule has 2 atom stereocenters. The molecule has 0 amide bonds. The Labute approximate surface area is 280 Å². The van der Waals surface area contributed by atoms with E-state index in [0.29, 0.717) is 41.6 Å². The Morgan fingerprint density at radius 2 is 1.09 bits per heavy atom. The zero-order valence-electron chi connectivity index (χ0n) is 28.1. The zero-order chi connectivity index (χ0) is 32.5. The molecule has 2 aliphatic heterocycles. The van der Waals surface area contributed by atoms with Gasteiger partial charge < -0.3 is 28.4 Å². The SMILES string of the molecule is COc1cc(C(=O)Oc2ccc(-c3ccc(OCCCCCCCCC4CO4)cc3)cc2)ccc1OCCCCCCCCC1CO1. The van der Waals surface area contributed by atoms with Crippen molar-refractivity contribution in [3.63, 3.8) is 0 Å². The maximum Gasteiger partial charge on any atom is 0.343 e. The number of ether oxygens (including phenoxy) is 6. The summed E-state index contributed by atoms with van der Waals surface area (Å²) >= 11 is 0. The molecule has 7 nitrogen and oxygen atoms in total. The van der Waals surface area contributed by atoms with Crippen LogP contribution in [-0.4, -0.2) is 51.7 Å². The highest BCUT2D eigenvalue weighted by molar-refractivity contribution is 5.92. The number of hydrogen-bond acceptors (Lipinski definition) is 7. The highest BCUT2D eigenvalue weighted by atomic mass is 16.6. The smallest absolute Gasteiger partial charge is 0.343 e. The Kier molecular flexibility index (Phi) is 14.3. The first-order valence-electron chi connectivity index (χ1n) is 17.8. The predicted molar refractivity (Wildman–Crippen MR) is 185 cm³/mol. The topological polar surface area (TPSA) is 79.1 Å². The molecule has 0 bridgehead atoms. The van der Waals surface area contributed by atoms with Gasteiger partial charge in [0.15, 0.2) is 11.5 Å². The molecule has 3 aromatic rings. The van der Waals surface area contributed by atoms with Gasteiger partial charge in [0.1, 0.15) is 11.5 Å². The molecule has 0 aromatic heterocycles. The number of benzene rings is 3. The van der Waals surface area contributed by atoms with E-state index < -0.39 is 5.97 Å². The van der Waals surface area contributed by atoms with Gasteiger partial charge in [0.25, 0.3) is 0 Å². The molecule has 2 aliphatic rings. The Balaban J connectivity index is 0.974. The fourth-order valence-corrected chi connectivity index (χ4v) is 5.74. The van der Waals surface area contributed by atoms with Crippen molar-refractivity contribution in [3.05, 3.63) is 72.3 Å². The summed E-state index contributed by atoms with van der Waals surface area (Å²) in [4.78, 5) is 12.9. The number of unbranched alkanes of at least 4 members (excludes halogenated alkanes) is 10. The third kappa shape index (κ3) is 12.9. The Morgan fingerprint density at radius 1 is 0.596 bits per heavy atom. The van der Waals surface area contributed by atoms with Crippen molar-refractivity contribution in [3.8, 4) is 34.1 Å². The molecule has 254 valence electrons. The van der Waals surface area contributed by atoms with Crippen LogP contribution in [0.15, 0.2) is 66.7 Å². The van der Waals surface area contributed by atoms with Crippen LogP contribution in [0.5, 0.6) is 23.0 Å². The monoisotopic (exact) mass is 644 g/mol. The first-order valence-corrected chi connectivity index (χ1v) is 17.8. The Bertz CT molecular complexity index is 1330. The summed E-state index contributed by atoms with van der Waals surface area (Å²) in [5, 5.41) is 0. The fraction of sp³-hybridized carbons (Fsp3) is 0.525. The normalized spacial score (nSPS) is 16.4. The molecule has 2 saturated heterocycles. The standard InChI is InChI=1S/C40H52O7/c1-42-39-28-33(20-25-38(39)44-27-13-9-5-3-7-11-15-37-30-46-37)40(41)47-35-23-18-32(19-24-35)31-16-21-34(22-17-31)43-26-12-8-4-2-6-10-14-36-29-45-36/h16-25,28,36-37H,2-15,26-27,29-30H2,1H3. The highest BCUT2D eigenvalue weighted by Gasteiger charge is 2.21. The van der Waals surface area contributed by atoms with Gasteiger partial charge in [-0.15, -0.1) is 0 Å². The maximum absolute atomic E-state index is 12.9. The van der Waals surface area contributed by atoms with Crippen molar-refractivity contribution < 1.29 is 33.2 Å². The molecule has 2 unspecified atom stereocenters. The van der Waals surface area contributed by atoms with Crippen molar-refractivity contribution in [2.45, 2.75) is 102 Å². The van der Waals surface area contributed by atoms with E-state index in [1.807, 2.05) is 36.4 Å². The third-order valence-corrected chi connectivity index (χ3v) is 8.82. The molecule has 0 saturated carbocycles. The molecule has 0 radical (unpaired) electrons. The quantitative estimate of drug-likeness (QED) is 0.0416. The van der Waals surface area contributed by atoms with Crippen molar-refractivity contribution in [2.24, 2.45) is 0 Å². The lowest BCUT2D eigenvalue weighted by molar-refractivity contribution is 0.0734. The predicted octanol–water partition coefficient (Wildman–Crippen LogP) is 9.60. The van der Waals surface area contributed by atoms with E-state index in [1.54, 1.807) is 25.3 Å². The van der Waals surface area contributed by atoms with E-state index >= 15 is 0 Å². The number of rotatable bonds is 24. The van der Waals surface area contributed by atoms with Gasteiger partial charge in [0.2, 0.25) is 0 Å². The van der Waals surface area contributed by atoms with Crippen molar-refractivity contribution in [1.82, 2.24) is 0 Å². The number of esters is 1. The molecule has 7 heteroatoms. The largest absolute Gasteiger partial charge is 0.494 e. The molecule has 2 fully saturated rings. The van der Waals surface area contributed by atoms with Crippen LogP contribution in [-0.2, 0) is 9.47 Å². The molecule has 2 heterocycles. The van der Waals surface area contributed by atoms with Crippen LogP contribution in [0.25, 0.3) is 11.1 Å². The second kappa shape index (κ2) is 19.3. The zero-order valence-corrected chi connectivity index (χ0v) is 28.1. The van der Waals surface area contributed by atoms with Crippen molar-refractivity contribution in [2.75, 3.05) is 33.5 Å². The molecular weight excluding hydrogens is 592 g/mol. The average Bonchev–Trinajstić information content (AvgIpc) is 4.04. The molecule has 5 rings (SSSR count). The van der Waals surface area contributed by atoms with E-state index in [0.717, 1.165) is 56.0 Å². The van der Waals surface area contributed by atoms with Crippen LogP contribution in [0.4, 0.5) is 0 Å². The lowest BCUT2D eigenvalue weighted by atomic mass is 10.1. The second-order valence-electron chi connectivity index (χ2n) is 12.7. The summed E-state index contributed by atoms with van der Waals surface area (Å²) in [6.07, 6.45) is 18.2. The molecule has 0 N–H and O–H groups in total. The lowest BCUT2D eigenvalue weighted by Crippen LogP contribution is -2.09. The summed E-state index contributed by atoms with van der Waals surface area (Å²) in [6.45, 7) is 3.30. The first kappa shape index (κ1) is 34.8. The summed E-state index contributed by atoms with van der Waals surface area (Å²) in [7, 11) is 1.58. The minimum Gasteiger partial charge on any atom is -0.494 e. The van der Waals surface area contributed by atoms with Crippen LogP contribution in [0.2, 0.25) is 0 Å². The van der Waals surface area contributed by atoms with Gasteiger partial charge >= 0.3 is 5.97 Å². The van der Waals surface area contributed by atoms with E-state index in [2.05, 4.69) is 12.1 Å². The highest BCUT2D eigenvalue weighted by Crippen LogP contribution is 2.30. The number of carbonyl (C=O) groups excluding carboxylic acids is 1. The third-order valence-electron chi connectivity index (χ3n) is 8.82. The summed E-state index contributed by atoms with van der Waals surface area (Å²) in [6, 6.07) is 20.8. The van der Waals surface area contributed by atoms with Gasteiger partial charge in [-0.25, -0.2) is 4.79 Å². The van der Waals surface area contributed by atoms with Gasteiger partial charge in [0.05, 0.1) is 51.3 Å². The Hall–Kier alpha value is -3.55. The number of methoxy groups -OCH3 is 1. The van der Waals surface area contributed by atoms with Crippen molar-refractivity contribution >= 4 is 5.97 Å². The minimum absolute atomic E-state index is 0.407. The van der Waals surface area contributed by atoms with E-state index in [9.17, 15) is 4.79 Å². The van der Waals surface area contributed by atoms with E-state index in [4.69, 9.17) is 28.4 Å². The average molecular weight is 645 g/mol. The maximum atomic E-state index is 12.9. The number of epoxide rings is 2.